The molecule has 0 amide bonds. The van der Waals surface area contributed by atoms with Crippen LogP contribution < -0.4 is 0 Å². The molecular formula is C12H13ClO3. The zero-order valence-electron chi connectivity index (χ0n) is 9.41. The van der Waals surface area contributed by atoms with Gasteiger partial charge in [0.05, 0.1) is 5.56 Å². The van der Waals surface area contributed by atoms with Crippen molar-refractivity contribution in [1.29, 1.82) is 0 Å². The molecule has 0 aliphatic carbocycles. The topological polar surface area (TPSA) is 43.4 Å². The number of halogens is 1. The molecule has 0 spiro atoms. The van der Waals surface area contributed by atoms with Gasteiger partial charge in [-0.25, -0.2) is 4.79 Å². The first kappa shape index (κ1) is 12.7. The van der Waals surface area contributed by atoms with Gasteiger partial charge in [0.15, 0.2) is 0 Å². The molecule has 0 saturated carbocycles. The first-order valence-electron chi connectivity index (χ1n) is 4.83. The van der Waals surface area contributed by atoms with E-state index in [9.17, 15) is 9.59 Å². The summed E-state index contributed by atoms with van der Waals surface area (Å²) in [6, 6.07) is 6.31. The molecule has 1 aromatic rings. The van der Waals surface area contributed by atoms with Crippen molar-refractivity contribution in [2.75, 3.05) is 0 Å². The second kappa shape index (κ2) is 4.66. The largest absolute Gasteiger partial charge is 0.456 e. The van der Waals surface area contributed by atoms with Crippen LogP contribution in [0.1, 0.15) is 41.5 Å². The van der Waals surface area contributed by atoms with E-state index in [1.165, 1.54) is 12.1 Å². The highest BCUT2D eigenvalue weighted by Gasteiger charge is 2.21. The summed E-state index contributed by atoms with van der Waals surface area (Å²) in [7, 11) is 0. The maximum absolute atomic E-state index is 11.8. The van der Waals surface area contributed by atoms with Crippen molar-refractivity contribution in [3.05, 3.63) is 35.4 Å². The summed E-state index contributed by atoms with van der Waals surface area (Å²) in [5, 5.41) is -0.665. The monoisotopic (exact) mass is 240 g/mol. The average molecular weight is 241 g/mol. The van der Waals surface area contributed by atoms with Gasteiger partial charge in [0.1, 0.15) is 5.60 Å². The van der Waals surface area contributed by atoms with Gasteiger partial charge in [-0.3, -0.25) is 4.79 Å². The number of rotatable bonds is 2. The van der Waals surface area contributed by atoms with E-state index < -0.39 is 16.8 Å². The quantitative estimate of drug-likeness (QED) is 0.590. The Balaban J connectivity index is 3.04. The highest BCUT2D eigenvalue weighted by Crippen LogP contribution is 2.16. The number of hydrogen-bond donors (Lipinski definition) is 0. The minimum absolute atomic E-state index is 0.165. The molecule has 0 saturated heterocycles. The number of carbonyl (C=O) groups excluding carboxylic acids is 2. The van der Waals surface area contributed by atoms with Crippen molar-refractivity contribution in [1.82, 2.24) is 0 Å². The minimum Gasteiger partial charge on any atom is -0.456 e. The van der Waals surface area contributed by atoms with Crippen LogP contribution in [-0.2, 0) is 4.74 Å². The maximum Gasteiger partial charge on any atom is 0.339 e. The molecule has 16 heavy (non-hydrogen) atoms. The SMILES string of the molecule is CC(C)(C)OC(=O)c1ccccc1C(=O)Cl. The van der Waals surface area contributed by atoms with Gasteiger partial charge in [-0.05, 0) is 44.5 Å². The second-order valence-electron chi connectivity index (χ2n) is 4.32. The molecule has 0 N–H and O–H groups in total. The van der Waals surface area contributed by atoms with Crippen LogP contribution in [-0.4, -0.2) is 16.8 Å². The Bertz CT molecular complexity index is 419. The van der Waals surface area contributed by atoms with Gasteiger partial charge in [-0.15, -0.1) is 0 Å². The van der Waals surface area contributed by atoms with E-state index in [-0.39, 0.29) is 11.1 Å². The minimum atomic E-state index is -0.665. The van der Waals surface area contributed by atoms with Gasteiger partial charge >= 0.3 is 5.97 Å². The molecule has 0 aliphatic rings. The molecule has 3 nitrogen and oxygen atoms in total. The number of esters is 1. The zero-order valence-corrected chi connectivity index (χ0v) is 10.2. The van der Waals surface area contributed by atoms with Gasteiger partial charge < -0.3 is 4.74 Å². The van der Waals surface area contributed by atoms with Crippen molar-refractivity contribution < 1.29 is 14.3 Å². The molecule has 1 aromatic carbocycles. The van der Waals surface area contributed by atoms with E-state index in [4.69, 9.17) is 16.3 Å². The van der Waals surface area contributed by atoms with Gasteiger partial charge in [0.25, 0.3) is 5.24 Å². The van der Waals surface area contributed by atoms with Crippen LogP contribution in [0.4, 0.5) is 0 Å². The lowest BCUT2D eigenvalue weighted by Gasteiger charge is -2.20. The third-order valence-electron chi connectivity index (χ3n) is 1.76. The third-order valence-corrected chi connectivity index (χ3v) is 1.96. The molecule has 4 heteroatoms. The van der Waals surface area contributed by atoms with Gasteiger partial charge in [-0.2, -0.15) is 0 Å². The summed E-state index contributed by atoms with van der Waals surface area (Å²) in [4.78, 5) is 22.8. The average Bonchev–Trinajstić information content (AvgIpc) is 2.15. The molecule has 0 aromatic heterocycles. The lowest BCUT2D eigenvalue weighted by Crippen LogP contribution is -2.24. The van der Waals surface area contributed by atoms with Crippen LogP contribution in [0.3, 0.4) is 0 Å². The molecule has 0 heterocycles. The predicted octanol–water partition coefficient (Wildman–Crippen LogP) is 3.02. The number of ether oxygens (including phenoxy) is 1. The fraction of sp³-hybridized carbons (Fsp3) is 0.333. The van der Waals surface area contributed by atoms with E-state index in [1.54, 1.807) is 32.9 Å². The summed E-state index contributed by atoms with van der Waals surface area (Å²) in [5.74, 6) is -0.544. The number of benzene rings is 1. The first-order valence-corrected chi connectivity index (χ1v) is 5.21. The molecule has 0 atom stereocenters. The maximum atomic E-state index is 11.8. The van der Waals surface area contributed by atoms with Crippen LogP contribution in [0.2, 0.25) is 0 Å². The van der Waals surface area contributed by atoms with Gasteiger partial charge in [0.2, 0.25) is 0 Å². The molecule has 0 radical (unpaired) electrons. The molecule has 0 aliphatic heterocycles. The van der Waals surface area contributed by atoms with Crippen molar-refractivity contribution in [3.8, 4) is 0 Å². The standard InChI is InChI=1S/C12H13ClO3/c1-12(2,3)16-11(15)9-7-5-4-6-8(9)10(13)14/h4-7H,1-3H3. The summed E-state index contributed by atoms with van der Waals surface area (Å²) in [5.41, 5.74) is -0.240. The molecule has 0 bridgehead atoms. The Labute approximate surface area is 99.4 Å². The molecule has 1 rings (SSSR count). The predicted molar refractivity (Wildman–Crippen MR) is 61.8 cm³/mol. The summed E-state index contributed by atoms with van der Waals surface area (Å²) >= 11 is 5.38. The Morgan fingerprint density at radius 2 is 1.62 bits per heavy atom. The summed E-state index contributed by atoms with van der Waals surface area (Å²) in [6.07, 6.45) is 0. The Morgan fingerprint density at radius 1 is 1.12 bits per heavy atom. The van der Waals surface area contributed by atoms with Gasteiger partial charge in [0, 0.05) is 5.56 Å². The summed E-state index contributed by atoms with van der Waals surface area (Å²) in [6.45, 7) is 5.28. The van der Waals surface area contributed by atoms with Crippen LogP contribution in [0.25, 0.3) is 0 Å². The van der Waals surface area contributed by atoms with E-state index in [0.29, 0.717) is 0 Å². The highest BCUT2D eigenvalue weighted by molar-refractivity contribution is 6.68. The molecular weight excluding hydrogens is 228 g/mol. The van der Waals surface area contributed by atoms with Crippen molar-refractivity contribution in [2.45, 2.75) is 26.4 Å². The van der Waals surface area contributed by atoms with Crippen molar-refractivity contribution >= 4 is 22.8 Å². The molecule has 0 unspecified atom stereocenters. The lowest BCUT2D eigenvalue weighted by molar-refractivity contribution is 0.00681. The van der Waals surface area contributed by atoms with Crippen molar-refractivity contribution in [3.63, 3.8) is 0 Å². The second-order valence-corrected chi connectivity index (χ2v) is 4.66. The summed E-state index contributed by atoms with van der Waals surface area (Å²) < 4.78 is 5.16. The van der Waals surface area contributed by atoms with Crippen LogP contribution in [0, 0.1) is 0 Å². The number of carbonyl (C=O) groups is 2. The van der Waals surface area contributed by atoms with E-state index in [0.717, 1.165) is 0 Å². The number of hydrogen-bond acceptors (Lipinski definition) is 3. The molecule has 86 valence electrons. The zero-order chi connectivity index (χ0) is 12.3. The van der Waals surface area contributed by atoms with E-state index in [1.807, 2.05) is 0 Å². The lowest BCUT2D eigenvalue weighted by atomic mass is 10.1. The van der Waals surface area contributed by atoms with Crippen molar-refractivity contribution in [2.24, 2.45) is 0 Å². The van der Waals surface area contributed by atoms with Crippen LogP contribution >= 0.6 is 11.6 Å². The fourth-order valence-electron chi connectivity index (χ4n) is 1.17. The van der Waals surface area contributed by atoms with E-state index >= 15 is 0 Å². The Morgan fingerprint density at radius 3 is 2.06 bits per heavy atom. The van der Waals surface area contributed by atoms with Crippen LogP contribution in [0.15, 0.2) is 24.3 Å². The Hall–Kier alpha value is -1.35. The smallest absolute Gasteiger partial charge is 0.339 e. The highest BCUT2D eigenvalue weighted by atomic mass is 35.5. The van der Waals surface area contributed by atoms with Crippen LogP contribution in [0.5, 0.6) is 0 Å². The van der Waals surface area contributed by atoms with E-state index in [2.05, 4.69) is 0 Å². The van der Waals surface area contributed by atoms with Gasteiger partial charge in [-0.1, -0.05) is 12.1 Å². The molecule has 0 fully saturated rings. The fourth-order valence-corrected chi connectivity index (χ4v) is 1.33. The normalized spacial score (nSPS) is 11.0. The third kappa shape index (κ3) is 3.35. The Kier molecular flexibility index (Phi) is 3.70. The first-order chi connectivity index (χ1) is 7.31.